The molecule has 28 heavy (non-hydrogen) atoms. The fourth-order valence-corrected chi connectivity index (χ4v) is 5.74. The molecule has 0 unspecified atom stereocenters. The Kier molecular flexibility index (Phi) is 5.55. The Bertz CT molecular complexity index is 1130. The van der Waals surface area contributed by atoms with E-state index in [1.807, 2.05) is 0 Å². The summed E-state index contributed by atoms with van der Waals surface area (Å²) in [5, 5.41) is 0. The van der Waals surface area contributed by atoms with Crippen molar-refractivity contribution >= 4 is 31.6 Å². The molecule has 7 nitrogen and oxygen atoms in total. The van der Waals surface area contributed by atoms with E-state index in [1.165, 1.54) is 31.2 Å². The van der Waals surface area contributed by atoms with Crippen LogP contribution in [0, 0.1) is 12.7 Å². The lowest BCUT2D eigenvalue weighted by Gasteiger charge is -2.17. The SMILES string of the molecule is Cc1cc(N2C(=O)CCS2(=O)=O)ccc1S(=O)(=O)NCCc1ccccc1F. The first-order valence-corrected chi connectivity index (χ1v) is 11.6. The van der Waals surface area contributed by atoms with E-state index in [1.54, 1.807) is 18.2 Å². The lowest BCUT2D eigenvalue weighted by atomic mass is 10.1. The molecule has 0 bridgehead atoms. The summed E-state index contributed by atoms with van der Waals surface area (Å²) in [7, 11) is -7.60. The molecular formula is C18H19FN2O5S2. The van der Waals surface area contributed by atoms with E-state index in [0.29, 0.717) is 15.4 Å². The summed E-state index contributed by atoms with van der Waals surface area (Å²) >= 11 is 0. The molecule has 0 aromatic heterocycles. The molecule has 1 saturated heterocycles. The van der Waals surface area contributed by atoms with Gasteiger partial charge in [0.25, 0.3) is 0 Å². The number of rotatable bonds is 6. The highest BCUT2D eigenvalue weighted by atomic mass is 32.2. The zero-order valence-corrected chi connectivity index (χ0v) is 16.7. The molecule has 150 valence electrons. The number of aryl methyl sites for hydroxylation is 1. The molecule has 0 saturated carbocycles. The average Bonchev–Trinajstić information content (AvgIpc) is 2.89. The average molecular weight is 426 g/mol. The molecule has 0 spiro atoms. The predicted octanol–water partition coefficient (Wildman–Crippen LogP) is 1.72. The maximum Gasteiger partial charge on any atom is 0.242 e. The number of benzene rings is 2. The van der Waals surface area contributed by atoms with Crippen molar-refractivity contribution in [1.82, 2.24) is 4.72 Å². The summed E-state index contributed by atoms with van der Waals surface area (Å²) in [5.74, 6) is -1.21. The Labute approximate surface area is 163 Å². The molecular weight excluding hydrogens is 407 g/mol. The number of hydrogen-bond donors (Lipinski definition) is 1. The second kappa shape index (κ2) is 7.61. The summed E-state index contributed by atoms with van der Waals surface area (Å²) in [5.41, 5.74) is 0.811. The van der Waals surface area contributed by atoms with Crippen molar-refractivity contribution in [2.24, 2.45) is 0 Å². The number of halogens is 1. The molecule has 1 N–H and O–H groups in total. The summed E-state index contributed by atoms with van der Waals surface area (Å²) in [6.07, 6.45) is 0.0859. The molecule has 0 atom stereocenters. The van der Waals surface area contributed by atoms with Gasteiger partial charge in [0.2, 0.25) is 26.0 Å². The second-order valence-corrected chi connectivity index (χ2v) is 10.1. The van der Waals surface area contributed by atoms with Crippen molar-refractivity contribution in [3.05, 3.63) is 59.4 Å². The number of nitrogens with zero attached hydrogens (tertiary/aromatic N) is 1. The van der Waals surface area contributed by atoms with Crippen LogP contribution in [0.2, 0.25) is 0 Å². The Morgan fingerprint density at radius 3 is 2.50 bits per heavy atom. The summed E-state index contributed by atoms with van der Waals surface area (Å²) < 4.78 is 65.9. The van der Waals surface area contributed by atoms with Crippen molar-refractivity contribution in [2.45, 2.75) is 24.7 Å². The van der Waals surface area contributed by atoms with E-state index in [4.69, 9.17) is 0 Å². The van der Waals surface area contributed by atoms with Gasteiger partial charge < -0.3 is 0 Å². The predicted molar refractivity (Wildman–Crippen MR) is 102 cm³/mol. The molecule has 1 aliphatic heterocycles. The van der Waals surface area contributed by atoms with Crippen LogP contribution < -0.4 is 9.03 Å². The monoisotopic (exact) mass is 426 g/mol. The standard InChI is InChI=1S/C18H19FN2O5S2/c1-13-12-15(21-18(22)9-11-27(21,23)24)6-7-17(13)28(25,26)20-10-8-14-4-2-3-5-16(14)19/h2-7,12,20H,8-11H2,1H3. The first-order valence-electron chi connectivity index (χ1n) is 8.51. The quantitative estimate of drug-likeness (QED) is 0.758. The minimum absolute atomic E-state index is 0.00342. The molecule has 0 aliphatic carbocycles. The topological polar surface area (TPSA) is 101 Å². The fourth-order valence-electron chi connectivity index (χ4n) is 3.03. The van der Waals surface area contributed by atoms with Gasteiger partial charge in [0.05, 0.1) is 16.3 Å². The van der Waals surface area contributed by atoms with Gasteiger partial charge in [-0.25, -0.2) is 30.3 Å². The number of carbonyl (C=O) groups is 1. The van der Waals surface area contributed by atoms with E-state index in [0.717, 1.165) is 0 Å². The van der Waals surface area contributed by atoms with Gasteiger partial charge in [-0.05, 0) is 48.7 Å². The molecule has 3 rings (SSSR count). The normalized spacial score (nSPS) is 16.5. The minimum Gasteiger partial charge on any atom is -0.273 e. The van der Waals surface area contributed by atoms with Crippen LogP contribution in [0.5, 0.6) is 0 Å². The summed E-state index contributed by atoms with van der Waals surface area (Å²) in [6.45, 7) is 1.52. The van der Waals surface area contributed by atoms with Crippen molar-refractivity contribution in [2.75, 3.05) is 16.6 Å². The number of anilines is 1. The first-order chi connectivity index (χ1) is 13.1. The molecule has 1 aliphatic rings. The van der Waals surface area contributed by atoms with Gasteiger partial charge in [-0.1, -0.05) is 18.2 Å². The van der Waals surface area contributed by atoms with Crippen LogP contribution in [0.3, 0.4) is 0 Å². The maximum absolute atomic E-state index is 13.6. The maximum atomic E-state index is 13.6. The van der Waals surface area contributed by atoms with Crippen LogP contribution >= 0.6 is 0 Å². The molecule has 1 amide bonds. The zero-order valence-electron chi connectivity index (χ0n) is 15.1. The third kappa shape index (κ3) is 4.08. The number of amides is 1. The van der Waals surface area contributed by atoms with Crippen LogP contribution in [-0.2, 0) is 31.3 Å². The van der Waals surface area contributed by atoms with E-state index in [2.05, 4.69) is 4.72 Å². The second-order valence-electron chi connectivity index (χ2n) is 6.41. The summed E-state index contributed by atoms with van der Waals surface area (Å²) in [6, 6.07) is 10.0. The number of hydrogen-bond acceptors (Lipinski definition) is 5. The first kappa shape index (κ1) is 20.4. The minimum atomic E-state index is -3.88. The number of nitrogens with one attached hydrogen (secondary N) is 1. The van der Waals surface area contributed by atoms with E-state index < -0.39 is 31.8 Å². The number of sulfonamides is 2. The third-order valence-corrected chi connectivity index (χ3v) is 7.72. The molecule has 1 fully saturated rings. The van der Waals surface area contributed by atoms with Gasteiger partial charge >= 0.3 is 0 Å². The third-order valence-electron chi connectivity index (χ3n) is 4.41. The van der Waals surface area contributed by atoms with E-state index in [9.17, 15) is 26.0 Å². The van der Waals surface area contributed by atoms with Gasteiger partial charge in [0.15, 0.2) is 0 Å². The van der Waals surface area contributed by atoms with Crippen molar-refractivity contribution in [1.29, 1.82) is 0 Å². The van der Waals surface area contributed by atoms with Gasteiger partial charge in [0.1, 0.15) is 5.82 Å². The van der Waals surface area contributed by atoms with Gasteiger partial charge in [-0.15, -0.1) is 0 Å². The highest BCUT2D eigenvalue weighted by Crippen LogP contribution is 2.28. The van der Waals surface area contributed by atoms with Gasteiger partial charge in [-0.3, -0.25) is 4.79 Å². The van der Waals surface area contributed by atoms with Crippen molar-refractivity contribution in [3.8, 4) is 0 Å². The molecule has 10 heteroatoms. The zero-order chi connectivity index (χ0) is 20.5. The van der Waals surface area contributed by atoms with Crippen molar-refractivity contribution < 1.29 is 26.0 Å². The Hall–Kier alpha value is -2.30. The van der Waals surface area contributed by atoms with Crippen LogP contribution in [0.25, 0.3) is 0 Å². The lowest BCUT2D eigenvalue weighted by molar-refractivity contribution is -0.116. The van der Waals surface area contributed by atoms with Crippen molar-refractivity contribution in [3.63, 3.8) is 0 Å². The highest BCUT2D eigenvalue weighted by molar-refractivity contribution is 7.94. The van der Waals surface area contributed by atoms with E-state index in [-0.39, 0.29) is 35.7 Å². The number of carbonyl (C=O) groups excluding carboxylic acids is 1. The molecule has 1 heterocycles. The van der Waals surface area contributed by atoms with Gasteiger partial charge in [0, 0.05) is 13.0 Å². The van der Waals surface area contributed by atoms with Crippen LogP contribution in [0.1, 0.15) is 17.5 Å². The van der Waals surface area contributed by atoms with E-state index >= 15 is 0 Å². The Balaban J connectivity index is 1.77. The molecule has 0 radical (unpaired) electrons. The van der Waals surface area contributed by atoms with Crippen LogP contribution in [0.15, 0.2) is 47.4 Å². The van der Waals surface area contributed by atoms with Gasteiger partial charge in [-0.2, -0.15) is 0 Å². The van der Waals surface area contributed by atoms with Crippen LogP contribution in [-0.4, -0.2) is 35.0 Å². The van der Waals surface area contributed by atoms with Crippen LogP contribution in [0.4, 0.5) is 10.1 Å². The lowest BCUT2D eigenvalue weighted by Crippen LogP contribution is -2.30. The fraction of sp³-hybridized carbons (Fsp3) is 0.278. The largest absolute Gasteiger partial charge is 0.273 e. The Morgan fingerprint density at radius 1 is 1.18 bits per heavy atom. The Morgan fingerprint density at radius 2 is 1.89 bits per heavy atom. The molecule has 2 aromatic carbocycles. The summed E-state index contributed by atoms with van der Waals surface area (Å²) in [4.78, 5) is 11.8. The molecule has 2 aromatic rings. The smallest absolute Gasteiger partial charge is 0.242 e. The highest BCUT2D eigenvalue weighted by Gasteiger charge is 2.36.